The molecular formula is C13H25N3O2. The minimum Gasteiger partial charge on any atom is -0.341 e. The maximum Gasteiger partial charge on any atom is 0.227 e. The largest absolute Gasteiger partial charge is 0.341 e. The van der Waals surface area contributed by atoms with Gasteiger partial charge in [-0.3, -0.25) is 9.59 Å². The Balaban J connectivity index is 2.56. The predicted molar refractivity (Wildman–Crippen MR) is 70.9 cm³/mol. The molecule has 1 aliphatic heterocycles. The Labute approximate surface area is 109 Å². The first-order valence-corrected chi connectivity index (χ1v) is 6.79. The zero-order valence-electron chi connectivity index (χ0n) is 11.7. The SMILES string of the molecule is CCC(=O)N1CCCN(C(=O)C(C)C(C)N)CC1. The maximum absolute atomic E-state index is 12.2. The smallest absolute Gasteiger partial charge is 0.227 e. The number of carbonyl (C=O) groups is 2. The van der Waals surface area contributed by atoms with Gasteiger partial charge in [-0.1, -0.05) is 13.8 Å². The molecule has 2 N–H and O–H groups in total. The molecule has 0 spiro atoms. The summed E-state index contributed by atoms with van der Waals surface area (Å²) in [7, 11) is 0. The van der Waals surface area contributed by atoms with E-state index in [2.05, 4.69) is 0 Å². The van der Waals surface area contributed by atoms with Crippen molar-refractivity contribution >= 4 is 11.8 Å². The second-order valence-electron chi connectivity index (χ2n) is 5.06. The van der Waals surface area contributed by atoms with E-state index in [1.165, 1.54) is 0 Å². The molecule has 18 heavy (non-hydrogen) atoms. The first kappa shape index (κ1) is 15.0. The lowest BCUT2D eigenvalue weighted by molar-refractivity contribution is -0.136. The summed E-state index contributed by atoms with van der Waals surface area (Å²) in [5.74, 6) is 0.124. The van der Waals surface area contributed by atoms with Crippen LogP contribution in [0.5, 0.6) is 0 Å². The van der Waals surface area contributed by atoms with E-state index in [1.807, 2.05) is 30.6 Å². The quantitative estimate of drug-likeness (QED) is 0.796. The molecule has 2 unspecified atom stereocenters. The van der Waals surface area contributed by atoms with Crippen molar-refractivity contribution < 1.29 is 9.59 Å². The van der Waals surface area contributed by atoms with Crippen LogP contribution in [0, 0.1) is 5.92 Å². The van der Waals surface area contributed by atoms with E-state index >= 15 is 0 Å². The third-order valence-corrected chi connectivity index (χ3v) is 3.64. The van der Waals surface area contributed by atoms with Gasteiger partial charge in [-0.15, -0.1) is 0 Å². The topological polar surface area (TPSA) is 66.6 Å². The number of nitrogens with zero attached hydrogens (tertiary/aromatic N) is 2. The van der Waals surface area contributed by atoms with Crippen molar-refractivity contribution in [3.63, 3.8) is 0 Å². The number of hydrogen-bond donors (Lipinski definition) is 1. The Morgan fingerprint density at radius 3 is 2.22 bits per heavy atom. The molecule has 5 heteroatoms. The van der Waals surface area contributed by atoms with Gasteiger partial charge in [0.05, 0.1) is 5.92 Å². The molecule has 1 aliphatic rings. The average molecular weight is 255 g/mol. The van der Waals surface area contributed by atoms with Gasteiger partial charge < -0.3 is 15.5 Å². The summed E-state index contributed by atoms with van der Waals surface area (Å²) in [6.45, 7) is 8.34. The number of carbonyl (C=O) groups excluding carboxylic acids is 2. The Hall–Kier alpha value is -1.10. The molecule has 0 aliphatic carbocycles. The van der Waals surface area contributed by atoms with E-state index in [9.17, 15) is 9.59 Å². The summed E-state index contributed by atoms with van der Waals surface area (Å²) in [5, 5.41) is 0. The van der Waals surface area contributed by atoms with E-state index in [4.69, 9.17) is 5.73 Å². The van der Waals surface area contributed by atoms with Crippen LogP contribution in [0.4, 0.5) is 0 Å². The summed E-state index contributed by atoms with van der Waals surface area (Å²) < 4.78 is 0. The fourth-order valence-corrected chi connectivity index (χ4v) is 2.12. The van der Waals surface area contributed by atoms with Crippen molar-refractivity contribution in [3.8, 4) is 0 Å². The van der Waals surface area contributed by atoms with Gasteiger partial charge in [-0.2, -0.15) is 0 Å². The number of nitrogens with two attached hydrogens (primary N) is 1. The lowest BCUT2D eigenvalue weighted by atomic mass is 10.0. The van der Waals surface area contributed by atoms with Gasteiger partial charge >= 0.3 is 0 Å². The summed E-state index contributed by atoms with van der Waals surface area (Å²) in [6.07, 6.45) is 1.38. The fraction of sp³-hybridized carbons (Fsp3) is 0.846. The second kappa shape index (κ2) is 6.73. The molecule has 0 saturated carbocycles. The molecule has 104 valence electrons. The summed E-state index contributed by atoms with van der Waals surface area (Å²) in [5.41, 5.74) is 5.77. The van der Waals surface area contributed by atoms with Gasteiger partial charge in [0.15, 0.2) is 0 Å². The number of hydrogen-bond acceptors (Lipinski definition) is 3. The van der Waals surface area contributed by atoms with Gasteiger partial charge in [-0.05, 0) is 13.3 Å². The highest BCUT2D eigenvalue weighted by atomic mass is 16.2. The van der Waals surface area contributed by atoms with Gasteiger partial charge in [0.25, 0.3) is 0 Å². The highest BCUT2D eigenvalue weighted by Gasteiger charge is 2.26. The predicted octanol–water partition coefficient (Wildman–Crippen LogP) is 0.441. The molecule has 0 aromatic carbocycles. The van der Waals surface area contributed by atoms with Crippen LogP contribution < -0.4 is 5.73 Å². The lowest BCUT2D eigenvalue weighted by Crippen LogP contribution is -2.43. The van der Waals surface area contributed by atoms with Crippen molar-refractivity contribution in [2.75, 3.05) is 26.2 Å². The van der Waals surface area contributed by atoms with E-state index < -0.39 is 0 Å². The normalized spacial score (nSPS) is 20.2. The minimum absolute atomic E-state index is 0.107. The molecule has 2 amide bonds. The Morgan fingerprint density at radius 1 is 1.11 bits per heavy atom. The highest BCUT2D eigenvalue weighted by molar-refractivity contribution is 5.79. The molecule has 1 fully saturated rings. The molecule has 0 radical (unpaired) electrons. The van der Waals surface area contributed by atoms with Crippen LogP contribution in [-0.2, 0) is 9.59 Å². The maximum atomic E-state index is 12.2. The van der Waals surface area contributed by atoms with Crippen molar-refractivity contribution in [2.45, 2.75) is 39.7 Å². The molecule has 1 saturated heterocycles. The first-order chi connectivity index (χ1) is 8.47. The zero-order valence-corrected chi connectivity index (χ0v) is 11.7. The molecular weight excluding hydrogens is 230 g/mol. The van der Waals surface area contributed by atoms with E-state index in [-0.39, 0.29) is 23.8 Å². The summed E-state index contributed by atoms with van der Waals surface area (Å²) >= 11 is 0. The third kappa shape index (κ3) is 3.70. The van der Waals surface area contributed by atoms with Crippen LogP contribution in [0.25, 0.3) is 0 Å². The van der Waals surface area contributed by atoms with Crippen LogP contribution in [0.15, 0.2) is 0 Å². The standard InChI is InChI=1S/C13H25N3O2/c1-4-12(17)15-6-5-7-16(9-8-15)13(18)10(2)11(3)14/h10-11H,4-9,14H2,1-3H3. The van der Waals surface area contributed by atoms with E-state index in [0.29, 0.717) is 19.5 Å². The van der Waals surface area contributed by atoms with Crippen LogP contribution in [0.2, 0.25) is 0 Å². The van der Waals surface area contributed by atoms with Gasteiger partial charge in [0, 0.05) is 38.6 Å². The molecule has 0 bridgehead atoms. The van der Waals surface area contributed by atoms with Gasteiger partial charge in [-0.25, -0.2) is 0 Å². The highest BCUT2D eigenvalue weighted by Crippen LogP contribution is 2.10. The van der Waals surface area contributed by atoms with Crippen molar-refractivity contribution in [1.29, 1.82) is 0 Å². The van der Waals surface area contributed by atoms with E-state index in [1.54, 1.807) is 0 Å². The monoisotopic (exact) mass is 255 g/mol. The van der Waals surface area contributed by atoms with Crippen LogP contribution >= 0.6 is 0 Å². The van der Waals surface area contributed by atoms with Crippen molar-refractivity contribution in [3.05, 3.63) is 0 Å². The molecule has 1 heterocycles. The number of rotatable bonds is 3. The molecule has 2 atom stereocenters. The van der Waals surface area contributed by atoms with Gasteiger partial charge in [0.1, 0.15) is 0 Å². The molecule has 0 aromatic rings. The van der Waals surface area contributed by atoms with Crippen molar-refractivity contribution in [2.24, 2.45) is 11.7 Å². The summed E-state index contributed by atoms with van der Waals surface area (Å²) in [6, 6.07) is -0.130. The number of amides is 2. The fourth-order valence-electron chi connectivity index (χ4n) is 2.12. The zero-order chi connectivity index (χ0) is 13.7. The molecule has 5 nitrogen and oxygen atoms in total. The van der Waals surface area contributed by atoms with Gasteiger partial charge in [0.2, 0.25) is 11.8 Å². The van der Waals surface area contributed by atoms with Crippen LogP contribution in [-0.4, -0.2) is 53.8 Å². The van der Waals surface area contributed by atoms with E-state index in [0.717, 1.165) is 19.5 Å². The van der Waals surface area contributed by atoms with Crippen molar-refractivity contribution in [1.82, 2.24) is 9.80 Å². The molecule has 0 aromatic heterocycles. The summed E-state index contributed by atoms with van der Waals surface area (Å²) in [4.78, 5) is 27.5. The molecule has 1 rings (SSSR count). The Morgan fingerprint density at radius 2 is 1.67 bits per heavy atom. The third-order valence-electron chi connectivity index (χ3n) is 3.64. The second-order valence-corrected chi connectivity index (χ2v) is 5.06. The Bertz CT molecular complexity index is 305. The van der Waals surface area contributed by atoms with Crippen LogP contribution in [0.3, 0.4) is 0 Å². The minimum atomic E-state index is -0.154. The average Bonchev–Trinajstić information content (AvgIpc) is 2.61. The van der Waals surface area contributed by atoms with Crippen LogP contribution in [0.1, 0.15) is 33.6 Å². The Kier molecular flexibility index (Phi) is 5.59. The first-order valence-electron chi connectivity index (χ1n) is 6.79. The lowest BCUT2D eigenvalue weighted by Gasteiger charge is -2.26.